The molecule has 5 nitrogen and oxygen atoms in total. The van der Waals surface area contributed by atoms with E-state index in [-0.39, 0.29) is 11.7 Å². The lowest BCUT2D eigenvalue weighted by atomic mass is 10.1. The summed E-state index contributed by atoms with van der Waals surface area (Å²) in [5, 5.41) is 6.99. The molecule has 0 bridgehead atoms. The molecule has 0 atom stereocenters. The Morgan fingerprint density at radius 3 is 2.46 bits per heavy atom. The van der Waals surface area contributed by atoms with Gasteiger partial charge >= 0.3 is 0 Å². The number of aromatic nitrogens is 2. The molecular weight excluding hydrogens is 370 g/mol. The Morgan fingerprint density at radius 1 is 1.08 bits per heavy atom. The topological polar surface area (TPSA) is 64.0 Å². The maximum absolute atomic E-state index is 12.3. The fourth-order valence-electron chi connectivity index (χ4n) is 2.23. The zero-order valence-corrected chi connectivity index (χ0v) is 14.4. The molecule has 120 valence electrons. The Kier molecular flexibility index (Phi) is 4.57. The molecule has 0 unspecified atom stereocenters. The summed E-state index contributed by atoms with van der Waals surface area (Å²) in [6.45, 7) is 1.49. The van der Waals surface area contributed by atoms with Crippen LogP contribution in [-0.4, -0.2) is 21.5 Å². The quantitative estimate of drug-likeness (QED) is 0.690. The summed E-state index contributed by atoms with van der Waals surface area (Å²) in [5.41, 5.74) is 2.54. The lowest BCUT2D eigenvalue weighted by molar-refractivity contribution is 0.101. The largest absolute Gasteiger partial charge is 0.322 e. The van der Waals surface area contributed by atoms with Crippen LogP contribution < -0.4 is 5.32 Å². The molecule has 3 aromatic rings. The van der Waals surface area contributed by atoms with Crippen LogP contribution in [0.4, 0.5) is 5.69 Å². The zero-order valence-electron chi connectivity index (χ0n) is 12.9. The van der Waals surface area contributed by atoms with Crippen LogP contribution in [0, 0.1) is 0 Å². The van der Waals surface area contributed by atoms with Crippen molar-refractivity contribution in [1.82, 2.24) is 9.78 Å². The van der Waals surface area contributed by atoms with Crippen molar-refractivity contribution in [3.63, 3.8) is 0 Å². The number of amides is 1. The van der Waals surface area contributed by atoms with Crippen molar-refractivity contribution in [2.45, 2.75) is 6.92 Å². The SMILES string of the molecule is CC(=O)c1cccc(NC(=O)c2ccc(-n3cc(Br)cn3)cc2)c1. The molecule has 1 amide bonds. The average molecular weight is 384 g/mol. The zero-order chi connectivity index (χ0) is 17.1. The Bertz CT molecular complexity index is 901. The van der Waals surface area contributed by atoms with Crippen molar-refractivity contribution in [2.24, 2.45) is 0 Å². The van der Waals surface area contributed by atoms with E-state index in [1.807, 2.05) is 18.3 Å². The second-order valence-corrected chi connectivity index (χ2v) is 6.16. The molecule has 0 saturated carbocycles. The smallest absolute Gasteiger partial charge is 0.255 e. The van der Waals surface area contributed by atoms with E-state index >= 15 is 0 Å². The minimum Gasteiger partial charge on any atom is -0.322 e. The van der Waals surface area contributed by atoms with Gasteiger partial charge in [0, 0.05) is 23.0 Å². The van der Waals surface area contributed by atoms with E-state index in [1.54, 1.807) is 47.3 Å². The molecule has 2 aromatic carbocycles. The van der Waals surface area contributed by atoms with Crippen LogP contribution in [0.2, 0.25) is 0 Å². The molecule has 0 spiro atoms. The number of benzene rings is 2. The number of ketones is 1. The second kappa shape index (κ2) is 6.80. The van der Waals surface area contributed by atoms with Gasteiger partial charge in [-0.3, -0.25) is 9.59 Å². The van der Waals surface area contributed by atoms with E-state index in [0.717, 1.165) is 10.2 Å². The van der Waals surface area contributed by atoms with Crippen molar-refractivity contribution in [3.8, 4) is 5.69 Å². The minimum absolute atomic E-state index is 0.0409. The van der Waals surface area contributed by atoms with Crippen LogP contribution in [0.25, 0.3) is 5.69 Å². The first kappa shape index (κ1) is 16.1. The minimum atomic E-state index is -0.233. The van der Waals surface area contributed by atoms with Crippen LogP contribution >= 0.6 is 15.9 Å². The molecule has 0 aliphatic heterocycles. The molecule has 0 aliphatic rings. The van der Waals surface area contributed by atoms with Crippen LogP contribution in [0.5, 0.6) is 0 Å². The molecule has 0 fully saturated rings. The fourth-order valence-corrected chi connectivity index (χ4v) is 2.51. The van der Waals surface area contributed by atoms with E-state index in [0.29, 0.717) is 16.8 Å². The number of hydrogen-bond donors (Lipinski definition) is 1. The van der Waals surface area contributed by atoms with Gasteiger partial charge in [0.2, 0.25) is 0 Å². The van der Waals surface area contributed by atoms with Crippen LogP contribution in [0.1, 0.15) is 27.6 Å². The van der Waals surface area contributed by atoms with Gasteiger partial charge < -0.3 is 5.32 Å². The highest BCUT2D eigenvalue weighted by Gasteiger charge is 2.08. The van der Waals surface area contributed by atoms with E-state index in [1.165, 1.54) is 6.92 Å². The number of nitrogens with one attached hydrogen (secondary N) is 1. The number of rotatable bonds is 4. The molecule has 1 heterocycles. The first-order valence-electron chi connectivity index (χ1n) is 7.26. The Labute approximate surface area is 147 Å². The molecule has 3 rings (SSSR count). The molecule has 0 aliphatic carbocycles. The second-order valence-electron chi connectivity index (χ2n) is 5.24. The molecule has 24 heavy (non-hydrogen) atoms. The first-order valence-corrected chi connectivity index (χ1v) is 8.05. The van der Waals surface area contributed by atoms with Crippen LogP contribution in [-0.2, 0) is 0 Å². The van der Waals surface area contributed by atoms with E-state index in [9.17, 15) is 9.59 Å². The molecular formula is C18H14BrN3O2. The first-order chi connectivity index (χ1) is 11.5. The average Bonchev–Trinajstić information content (AvgIpc) is 3.01. The molecule has 1 aromatic heterocycles. The van der Waals surface area contributed by atoms with Gasteiger partial charge in [-0.05, 0) is 59.3 Å². The summed E-state index contributed by atoms with van der Waals surface area (Å²) in [7, 11) is 0. The van der Waals surface area contributed by atoms with Crippen molar-refractivity contribution in [1.29, 1.82) is 0 Å². The number of nitrogens with zero attached hydrogens (tertiary/aromatic N) is 2. The number of anilines is 1. The standard InChI is InChI=1S/C18H14BrN3O2/c1-12(23)14-3-2-4-16(9-14)21-18(24)13-5-7-17(8-6-13)22-11-15(19)10-20-22/h2-11H,1H3,(H,21,24). The molecule has 6 heteroatoms. The van der Waals surface area contributed by atoms with Gasteiger partial charge in [0.1, 0.15) is 0 Å². The lowest BCUT2D eigenvalue weighted by Gasteiger charge is -2.07. The predicted octanol–water partition coefficient (Wildman–Crippen LogP) is 4.09. The monoisotopic (exact) mass is 383 g/mol. The van der Waals surface area contributed by atoms with E-state index < -0.39 is 0 Å². The van der Waals surface area contributed by atoms with Gasteiger partial charge in [0.15, 0.2) is 5.78 Å². The summed E-state index contributed by atoms with van der Waals surface area (Å²) in [6, 6.07) is 14.0. The molecule has 0 radical (unpaired) electrons. The maximum atomic E-state index is 12.3. The number of carbonyl (C=O) groups is 2. The molecule has 1 N–H and O–H groups in total. The number of halogens is 1. The van der Waals surface area contributed by atoms with Crippen molar-refractivity contribution >= 4 is 33.3 Å². The van der Waals surface area contributed by atoms with Gasteiger partial charge in [0.25, 0.3) is 5.91 Å². The fraction of sp³-hybridized carbons (Fsp3) is 0.0556. The van der Waals surface area contributed by atoms with Gasteiger partial charge in [-0.25, -0.2) is 4.68 Å². The van der Waals surface area contributed by atoms with Crippen molar-refractivity contribution in [3.05, 3.63) is 76.5 Å². The maximum Gasteiger partial charge on any atom is 0.255 e. The Hall–Kier alpha value is -2.73. The number of carbonyl (C=O) groups excluding carboxylic acids is 2. The molecule has 0 saturated heterocycles. The summed E-state index contributed by atoms with van der Waals surface area (Å²) in [6.07, 6.45) is 3.53. The Balaban J connectivity index is 1.76. The number of Topliss-reactive ketones (excluding diaryl/α,β-unsaturated/α-hetero) is 1. The van der Waals surface area contributed by atoms with Gasteiger partial charge in [-0.2, -0.15) is 5.10 Å². The third-order valence-corrected chi connectivity index (χ3v) is 3.88. The summed E-state index contributed by atoms with van der Waals surface area (Å²) in [4.78, 5) is 23.7. The summed E-state index contributed by atoms with van der Waals surface area (Å²) >= 11 is 3.35. The number of hydrogen-bond acceptors (Lipinski definition) is 3. The van der Waals surface area contributed by atoms with Gasteiger partial charge in [0.05, 0.1) is 16.4 Å². The lowest BCUT2D eigenvalue weighted by Crippen LogP contribution is -2.12. The van der Waals surface area contributed by atoms with Crippen molar-refractivity contribution < 1.29 is 9.59 Å². The highest BCUT2D eigenvalue weighted by atomic mass is 79.9. The van der Waals surface area contributed by atoms with E-state index in [2.05, 4.69) is 26.3 Å². The van der Waals surface area contributed by atoms with Crippen LogP contribution in [0.15, 0.2) is 65.4 Å². The normalized spacial score (nSPS) is 10.4. The van der Waals surface area contributed by atoms with Crippen molar-refractivity contribution in [2.75, 3.05) is 5.32 Å². The van der Waals surface area contributed by atoms with Gasteiger partial charge in [-0.15, -0.1) is 0 Å². The van der Waals surface area contributed by atoms with E-state index in [4.69, 9.17) is 0 Å². The third-order valence-electron chi connectivity index (χ3n) is 3.47. The summed E-state index contributed by atoms with van der Waals surface area (Å²) < 4.78 is 2.59. The summed E-state index contributed by atoms with van der Waals surface area (Å²) in [5.74, 6) is -0.273. The van der Waals surface area contributed by atoms with Crippen LogP contribution in [0.3, 0.4) is 0 Å². The van der Waals surface area contributed by atoms with Gasteiger partial charge in [-0.1, -0.05) is 12.1 Å². The highest BCUT2D eigenvalue weighted by Crippen LogP contribution is 2.16. The highest BCUT2D eigenvalue weighted by molar-refractivity contribution is 9.10. The Morgan fingerprint density at radius 2 is 1.83 bits per heavy atom. The third kappa shape index (κ3) is 3.60. The predicted molar refractivity (Wildman–Crippen MR) is 95.7 cm³/mol.